The van der Waals surface area contributed by atoms with Crippen molar-refractivity contribution in [1.82, 2.24) is 0 Å². The summed E-state index contributed by atoms with van der Waals surface area (Å²) < 4.78 is 19.3. The lowest BCUT2D eigenvalue weighted by molar-refractivity contribution is 0.330. The van der Waals surface area contributed by atoms with E-state index < -0.39 is 5.82 Å². The molecule has 1 unspecified atom stereocenters. The fourth-order valence-corrected chi connectivity index (χ4v) is 2.36. The lowest BCUT2D eigenvalue weighted by atomic mass is 10.1. The number of rotatable bonds is 3. The van der Waals surface area contributed by atoms with Crippen LogP contribution >= 0.6 is 34.2 Å². The molecule has 0 aliphatic rings. The molecule has 1 rings (SSSR count). The van der Waals surface area contributed by atoms with Gasteiger partial charge in [-0.3, -0.25) is 0 Å². The van der Waals surface area contributed by atoms with Gasteiger partial charge in [0.15, 0.2) is 5.82 Å². The van der Waals surface area contributed by atoms with Crippen LogP contribution in [0.3, 0.4) is 0 Å². The van der Waals surface area contributed by atoms with Crippen molar-refractivity contribution in [2.45, 2.75) is 19.9 Å². The van der Waals surface area contributed by atoms with E-state index in [-0.39, 0.29) is 11.1 Å². The van der Waals surface area contributed by atoms with Crippen LogP contribution in [0.5, 0.6) is 5.75 Å². The Hall–Kier alpha value is -0.0700. The Kier molecular flexibility index (Phi) is 4.61. The second-order valence-electron chi connectivity index (χ2n) is 3.13. The average molecular weight is 344 g/mol. The highest BCUT2D eigenvalue weighted by Gasteiger charge is 2.18. The molecule has 0 fully saturated rings. The largest absolute Gasteiger partial charge is 0.492 e. The zero-order valence-electron chi connectivity index (χ0n) is 8.48. The summed E-state index contributed by atoms with van der Waals surface area (Å²) in [6.07, 6.45) is 0. The third-order valence-corrected chi connectivity index (χ3v) is 3.16. The van der Waals surface area contributed by atoms with Gasteiger partial charge in [0.25, 0.3) is 0 Å². The highest BCUT2D eigenvalue weighted by molar-refractivity contribution is 14.1. The quantitative estimate of drug-likeness (QED) is 0.673. The average Bonchev–Trinajstić information content (AvgIpc) is 2.18. The summed E-state index contributed by atoms with van der Waals surface area (Å²) in [5, 5.41) is 0.0788. The molecule has 0 spiro atoms. The van der Waals surface area contributed by atoms with Crippen LogP contribution in [0.25, 0.3) is 0 Å². The predicted molar refractivity (Wildman–Crippen MR) is 67.9 cm³/mol. The Balaban J connectivity index is 3.36. The number of hydrogen-bond acceptors (Lipinski definition) is 2. The maximum absolute atomic E-state index is 13.5. The summed E-state index contributed by atoms with van der Waals surface area (Å²) in [7, 11) is 0. The third kappa shape index (κ3) is 2.73. The Morgan fingerprint density at radius 1 is 1.67 bits per heavy atom. The monoisotopic (exact) mass is 343 g/mol. The zero-order chi connectivity index (χ0) is 11.6. The van der Waals surface area contributed by atoms with Crippen molar-refractivity contribution in [1.29, 1.82) is 0 Å². The summed E-state index contributed by atoms with van der Waals surface area (Å²) in [6.45, 7) is 4.12. The van der Waals surface area contributed by atoms with Crippen molar-refractivity contribution in [2.75, 3.05) is 6.61 Å². The molecule has 0 aliphatic carbocycles. The van der Waals surface area contributed by atoms with E-state index in [4.69, 9.17) is 22.1 Å². The first kappa shape index (κ1) is 13.0. The third-order valence-electron chi connectivity index (χ3n) is 1.93. The van der Waals surface area contributed by atoms with Crippen LogP contribution in [0.15, 0.2) is 6.07 Å². The van der Waals surface area contributed by atoms with Crippen molar-refractivity contribution in [3.05, 3.63) is 26.0 Å². The molecule has 0 bridgehead atoms. The van der Waals surface area contributed by atoms with Gasteiger partial charge in [0, 0.05) is 11.6 Å². The van der Waals surface area contributed by atoms with Crippen LogP contribution in [0.4, 0.5) is 4.39 Å². The number of hydrogen-bond donors (Lipinski definition) is 1. The van der Waals surface area contributed by atoms with E-state index in [1.54, 1.807) is 0 Å². The summed E-state index contributed by atoms with van der Waals surface area (Å²) >= 11 is 7.62. The van der Waals surface area contributed by atoms with Crippen molar-refractivity contribution < 1.29 is 9.13 Å². The molecule has 0 amide bonds. The van der Waals surface area contributed by atoms with Crippen molar-refractivity contribution >= 4 is 34.2 Å². The molecule has 0 radical (unpaired) electrons. The van der Waals surface area contributed by atoms with Gasteiger partial charge in [0.2, 0.25) is 0 Å². The number of ether oxygens (including phenoxy) is 1. The van der Waals surface area contributed by atoms with Gasteiger partial charge in [-0.15, -0.1) is 0 Å². The van der Waals surface area contributed by atoms with E-state index in [1.165, 1.54) is 6.07 Å². The molecule has 2 N–H and O–H groups in total. The standard InChI is InChI=1S/C10H12ClFINO/c1-3-15-10-6(5(2)14)4-7(11)8(12)9(10)13/h4-5H,3,14H2,1-2H3. The molecule has 5 heteroatoms. The Labute approximate surface area is 107 Å². The van der Waals surface area contributed by atoms with Crippen LogP contribution in [-0.4, -0.2) is 6.61 Å². The summed E-state index contributed by atoms with van der Waals surface area (Å²) in [5.41, 5.74) is 6.50. The topological polar surface area (TPSA) is 35.2 Å². The first-order valence-corrected chi connectivity index (χ1v) is 6.00. The number of halogens is 3. The zero-order valence-corrected chi connectivity index (χ0v) is 11.4. The lowest BCUT2D eigenvalue weighted by Gasteiger charge is -2.16. The molecular weight excluding hydrogens is 331 g/mol. The van der Waals surface area contributed by atoms with Gasteiger partial charge in [0.1, 0.15) is 5.75 Å². The van der Waals surface area contributed by atoms with E-state index in [1.807, 2.05) is 36.4 Å². The van der Waals surface area contributed by atoms with E-state index in [0.717, 1.165) is 5.56 Å². The molecule has 0 aromatic heterocycles. The highest BCUT2D eigenvalue weighted by atomic mass is 127. The SMILES string of the molecule is CCOc1c(C(C)N)cc(Cl)c(F)c1I. The van der Waals surface area contributed by atoms with Crippen LogP contribution in [0.2, 0.25) is 5.02 Å². The van der Waals surface area contributed by atoms with Crippen molar-refractivity contribution in [2.24, 2.45) is 5.73 Å². The minimum atomic E-state index is -0.454. The van der Waals surface area contributed by atoms with Gasteiger partial charge >= 0.3 is 0 Å². The minimum absolute atomic E-state index is 0.0788. The van der Waals surface area contributed by atoms with E-state index in [9.17, 15) is 4.39 Å². The molecular formula is C10H12ClFINO. The van der Waals surface area contributed by atoms with Crippen LogP contribution in [0, 0.1) is 9.39 Å². The molecule has 1 atom stereocenters. The maximum Gasteiger partial charge on any atom is 0.158 e. The molecule has 0 saturated carbocycles. The van der Waals surface area contributed by atoms with Gasteiger partial charge < -0.3 is 10.5 Å². The first-order chi connectivity index (χ1) is 6.99. The summed E-state index contributed by atoms with van der Waals surface area (Å²) in [6, 6.07) is 1.28. The van der Waals surface area contributed by atoms with Gasteiger partial charge in [-0.25, -0.2) is 4.39 Å². The molecule has 0 heterocycles. The first-order valence-electron chi connectivity index (χ1n) is 4.54. The Bertz CT molecular complexity index is 371. The summed E-state index contributed by atoms with van der Waals surface area (Å²) in [4.78, 5) is 0. The predicted octanol–water partition coefficient (Wildman–Crippen LogP) is 3.50. The highest BCUT2D eigenvalue weighted by Crippen LogP contribution is 2.35. The van der Waals surface area contributed by atoms with Crippen LogP contribution in [-0.2, 0) is 0 Å². The minimum Gasteiger partial charge on any atom is -0.492 e. The maximum atomic E-state index is 13.5. The lowest BCUT2D eigenvalue weighted by Crippen LogP contribution is -2.10. The molecule has 0 saturated heterocycles. The normalized spacial score (nSPS) is 12.7. The molecule has 1 aromatic rings. The second kappa shape index (κ2) is 5.32. The van der Waals surface area contributed by atoms with Crippen LogP contribution in [0.1, 0.15) is 25.5 Å². The second-order valence-corrected chi connectivity index (χ2v) is 4.61. The fraction of sp³-hybridized carbons (Fsp3) is 0.400. The van der Waals surface area contributed by atoms with Gasteiger partial charge in [-0.05, 0) is 42.5 Å². The fourth-order valence-electron chi connectivity index (χ4n) is 1.23. The van der Waals surface area contributed by atoms with Gasteiger partial charge in [-0.1, -0.05) is 11.6 Å². The van der Waals surface area contributed by atoms with Crippen molar-refractivity contribution in [3.63, 3.8) is 0 Å². The molecule has 0 aliphatic heterocycles. The van der Waals surface area contributed by atoms with Crippen LogP contribution < -0.4 is 10.5 Å². The molecule has 2 nitrogen and oxygen atoms in total. The van der Waals surface area contributed by atoms with E-state index in [2.05, 4.69) is 0 Å². The van der Waals surface area contributed by atoms with Gasteiger partial charge in [0.05, 0.1) is 15.2 Å². The molecule has 84 valence electrons. The van der Waals surface area contributed by atoms with E-state index in [0.29, 0.717) is 15.9 Å². The Morgan fingerprint density at radius 2 is 2.27 bits per heavy atom. The smallest absolute Gasteiger partial charge is 0.158 e. The number of benzene rings is 1. The summed E-state index contributed by atoms with van der Waals surface area (Å²) in [5.74, 6) is 0.0418. The molecule has 1 aromatic carbocycles. The molecule has 15 heavy (non-hydrogen) atoms. The van der Waals surface area contributed by atoms with Crippen molar-refractivity contribution in [3.8, 4) is 5.75 Å². The van der Waals surface area contributed by atoms with Gasteiger partial charge in [-0.2, -0.15) is 0 Å². The number of nitrogens with two attached hydrogens (primary N) is 1. The van der Waals surface area contributed by atoms with E-state index >= 15 is 0 Å². The Morgan fingerprint density at radius 3 is 2.73 bits per heavy atom.